The minimum atomic E-state index is -1.90. The van der Waals surface area contributed by atoms with Crippen molar-refractivity contribution in [3.8, 4) is 5.75 Å². The number of halogens is 5. The van der Waals surface area contributed by atoms with E-state index in [1.807, 2.05) is 0 Å². The third-order valence-corrected chi connectivity index (χ3v) is 6.54. The van der Waals surface area contributed by atoms with E-state index in [0.717, 1.165) is 4.57 Å². The Morgan fingerprint density at radius 1 is 1.02 bits per heavy atom. The van der Waals surface area contributed by atoms with Crippen LogP contribution in [0, 0.1) is 23.3 Å². The Morgan fingerprint density at radius 3 is 2.24 bits per heavy atom. The number of pyridine rings is 1. The van der Waals surface area contributed by atoms with Crippen LogP contribution in [0.1, 0.15) is 50.5 Å². The van der Waals surface area contributed by atoms with Gasteiger partial charge < -0.3 is 30.4 Å². The number of nitrogen functional groups attached to an aromatic ring is 1. The van der Waals surface area contributed by atoms with E-state index < -0.39 is 88.9 Å². The highest BCUT2D eigenvalue weighted by Crippen LogP contribution is 2.26. The molecule has 0 aliphatic carbocycles. The average molecular weight is 669 g/mol. The fourth-order valence-electron chi connectivity index (χ4n) is 3.91. The number of nitrogens with zero attached hydrogens (tertiary/aromatic N) is 1. The normalized spacial score (nSPS) is 12.5. The summed E-state index contributed by atoms with van der Waals surface area (Å²) >= 11 is 5.96. The van der Waals surface area contributed by atoms with Gasteiger partial charge in [0.2, 0.25) is 17.5 Å². The molecular formula is C30H29ClF4N4O7. The van der Waals surface area contributed by atoms with Crippen molar-refractivity contribution >= 4 is 46.5 Å². The number of esters is 1. The topological polar surface area (TPSA) is 159 Å². The second kappa shape index (κ2) is 14.5. The first-order valence-corrected chi connectivity index (χ1v) is 13.9. The molecule has 3 aromatic rings. The van der Waals surface area contributed by atoms with E-state index >= 15 is 0 Å². The van der Waals surface area contributed by atoms with Crippen molar-refractivity contribution < 1.29 is 46.2 Å². The number of hydrogen-bond acceptors (Lipinski definition) is 8. The summed E-state index contributed by atoms with van der Waals surface area (Å²) in [5.41, 5.74) is 3.93. The lowest BCUT2D eigenvalue weighted by molar-refractivity contribution is -0.156. The third-order valence-electron chi connectivity index (χ3n) is 6.21. The molecule has 2 atom stereocenters. The Kier molecular flexibility index (Phi) is 11.2. The van der Waals surface area contributed by atoms with E-state index in [1.165, 1.54) is 64.2 Å². The van der Waals surface area contributed by atoms with Gasteiger partial charge in [-0.05, 0) is 58.0 Å². The molecule has 0 bridgehead atoms. The molecule has 1 aromatic heterocycles. The molecule has 246 valence electrons. The number of anilines is 2. The summed E-state index contributed by atoms with van der Waals surface area (Å²) in [4.78, 5) is 64.6. The Bertz CT molecular complexity index is 1720. The average Bonchev–Trinajstić information content (AvgIpc) is 2.96. The van der Waals surface area contributed by atoms with Gasteiger partial charge in [0, 0.05) is 17.8 Å². The van der Waals surface area contributed by atoms with Crippen LogP contribution >= 0.6 is 11.6 Å². The summed E-state index contributed by atoms with van der Waals surface area (Å²) in [6, 6.07) is 3.57. The van der Waals surface area contributed by atoms with Crippen LogP contribution < -0.4 is 26.7 Å². The molecule has 16 heteroatoms. The smallest absolute Gasteiger partial charge is 0.308 e. The third kappa shape index (κ3) is 8.84. The van der Waals surface area contributed by atoms with Crippen molar-refractivity contribution in [1.29, 1.82) is 0 Å². The zero-order valence-electron chi connectivity index (χ0n) is 24.9. The number of nitrogens with one attached hydrogen (secondary N) is 2. The number of hydrogen-bond donors (Lipinski definition) is 3. The van der Waals surface area contributed by atoms with Gasteiger partial charge in [0.25, 0.3) is 11.5 Å². The molecule has 0 spiro atoms. The monoisotopic (exact) mass is 668 g/mol. The molecule has 2 amide bonds. The minimum Gasteiger partial charge on any atom is -0.479 e. The predicted molar refractivity (Wildman–Crippen MR) is 158 cm³/mol. The molecule has 0 aliphatic rings. The van der Waals surface area contributed by atoms with Gasteiger partial charge in [-0.25, -0.2) is 8.78 Å². The number of rotatable bonds is 11. The molecule has 0 saturated heterocycles. The second-order valence-corrected chi connectivity index (χ2v) is 11.3. The lowest BCUT2D eigenvalue weighted by Gasteiger charge is -2.24. The molecule has 1 unspecified atom stereocenters. The number of amides is 2. The molecule has 46 heavy (non-hydrogen) atoms. The van der Waals surface area contributed by atoms with Crippen molar-refractivity contribution in [2.24, 2.45) is 0 Å². The van der Waals surface area contributed by atoms with Crippen LogP contribution in [0.15, 0.2) is 47.4 Å². The predicted octanol–water partition coefficient (Wildman–Crippen LogP) is 4.32. The van der Waals surface area contributed by atoms with E-state index in [2.05, 4.69) is 10.6 Å². The molecule has 0 radical (unpaired) electrons. The highest BCUT2D eigenvalue weighted by Gasteiger charge is 2.31. The number of Topliss-reactive ketones (excluding diaryl/α,β-unsaturated/α-hetero) is 1. The van der Waals surface area contributed by atoms with Gasteiger partial charge >= 0.3 is 5.97 Å². The van der Waals surface area contributed by atoms with Crippen LogP contribution in [-0.4, -0.2) is 46.4 Å². The highest BCUT2D eigenvalue weighted by atomic mass is 35.5. The van der Waals surface area contributed by atoms with Crippen LogP contribution in [0.25, 0.3) is 0 Å². The summed E-state index contributed by atoms with van der Waals surface area (Å²) in [5.74, 6) is -12.7. The lowest BCUT2D eigenvalue weighted by Crippen LogP contribution is -2.48. The summed E-state index contributed by atoms with van der Waals surface area (Å²) in [5, 5.41) is 4.79. The number of ketones is 1. The second-order valence-electron chi connectivity index (χ2n) is 10.9. The quantitative estimate of drug-likeness (QED) is 0.118. The van der Waals surface area contributed by atoms with Gasteiger partial charge in [0.05, 0.1) is 17.1 Å². The van der Waals surface area contributed by atoms with Gasteiger partial charge in [-0.15, -0.1) is 0 Å². The van der Waals surface area contributed by atoms with Gasteiger partial charge in [0.1, 0.15) is 30.0 Å². The highest BCUT2D eigenvalue weighted by molar-refractivity contribution is 6.33. The molecule has 11 nitrogen and oxygen atoms in total. The Hall–Kier alpha value is -4.92. The number of carbonyl (C=O) groups excluding carboxylic acids is 4. The fraction of sp³-hybridized carbons (Fsp3) is 0.300. The molecule has 3 rings (SSSR count). The fourth-order valence-corrected chi connectivity index (χ4v) is 4.09. The molecule has 4 N–H and O–H groups in total. The zero-order valence-corrected chi connectivity index (χ0v) is 25.6. The molecule has 0 fully saturated rings. The van der Waals surface area contributed by atoms with E-state index in [9.17, 15) is 41.5 Å². The van der Waals surface area contributed by atoms with E-state index in [-0.39, 0.29) is 28.0 Å². The number of ether oxygens (including phenoxy) is 2. The van der Waals surface area contributed by atoms with Crippen LogP contribution in [0.3, 0.4) is 0 Å². The first-order chi connectivity index (χ1) is 21.4. The van der Waals surface area contributed by atoms with Crippen LogP contribution in [-0.2, 0) is 19.1 Å². The summed E-state index contributed by atoms with van der Waals surface area (Å²) in [7, 11) is 0. The van der Waals surface area contributed by atoms with E-state index in [1.54, 1.807) is 0 Å². The standard InChI is InChI=1S/C30H29ClF4N4O7/c1-14(39-9-5-6-20(29(39)44)37-28(43)15-7-8-19(36)16(31)10-15)27(42)38-21(12-23(41)46-30(2,3)4)22(40)13-45-26-24(34)17(32)11-18(33)25(26)35/h5-11,14,21H,12-13,36H2,1-4H3,(H,37,43)(H,38,42)/t14?,21-/m0/s1. The van der Waals surface area contributed by atoms with Gasteiger partial charge in [-0.1, -0.05) is 11.6 Å². The van der Waals surface area contributed by atoms with Crippen LogP contribution in [0.2, 0.25) is 5.02 Å². The number of aromatic nitrogens is 1. The number of nitrogens with two attached hydrogens (primary N) is 1. The van der Waals surface area contributed by atoms with Gasteiger partial charge in [-0.3, -0.25) is 24.0 Å². The molecule has 0 saturated carbocycles. The van der Waals surface area contributed by atoms with Crippen molar-refractivity contribution in [2.45, 2.75) is 51.8 Å². The summed E-state index contributed by atoms with van der Waals surface area (Å²) in [6.07, 6.45) is 0.440. The van der Waals surface area contributed by atoms with Crippen molar-refractivity contribution in [3.05, 3.63) is 86.8 Å². The van der Waals surface area contributed by atoms with Crippen molar-refractivity contribution in [2.75, 3.05) is 17.7 Å². The van der Waals surface area contributed by atoms with Crippen molar-refractivity contribution in [1.82, 2.24) is 9.88 Å². The van der Waals surface area contributed by atoms with Crippen molar-refractivity contribution in [3.63, 3.8) is 0 Å². The van der Waals surface area contributed by atoms with Crippen LogP contribution in [0.5, 0.6) is 5.75 Å². The molecule has 0 aliphatic heterocycles. The van der Waals surface area contributed by atoms with E-state index in [4.69, 9.17) is 26.8 Å². The Morgan fingerprint density at radius 2 is 1.65 bits per heavy atom. The SMILES string of the molecule is CC(C(=O)N[C@@H](CC(=O)OC(C)(C)C)C(=O)COc1c(F)c(F)cc(F)c1F)n1cccc(NC(=O)c2ccc(N)c(Cl)c2)c1=O. The molecule has 1 heterocycles. The Labute approximate surface area is 264 Å². The van der Waals surface area contributed by atoms with E-state index in [0.29, 0.717) is 0 Å². The summed E-state index contributed by atoms with van der Waals surface area (Å²) in [6.45, 7) is 4.66. The van der Waals surface area contributed by atoms with Gasteiger partial charge in [0.15, 0.2) is 23.2 Å². The summed E-state index contributed by atoms with van der Waals surface area (Å²) < 4.78 is 66.1. The molecular weight excluding hydrogens is 640 g/mol. The zero-order chi connectivity index (χ0) is 34.5. The minimum absolute atomic E-state index is 0.0534. The maximum absolute atomic E-state index is 14.0. The van der Waals surface area contributed by atoms with Crippen LogP contribution in [0.4, 0.5) is 28.9 Å². The lowest BCUT2D eigenvalue weighted by atomic mass is 10.1. The maximum atomic E-state index is 14.0. The Balaban J connectivity index is 1.82. The molecule has 2 aromatic carbocycles. The maximum Gasteiger partial charge on any atom is 0.308 e. The first kappa shape index (κ1) is 35.6. The largest absolute Gasteiger partial charge is 0.479 e. The first-order valence-electron chi connectivity index (χ1n) is 13.5. The number of carbonyl (C=O) groups is 4. The number of benzene rings is 2. The van der Waals surface area contributed by atoms with Gasteiger partial charge in [-0.2, -0.15) is 8.78 Å².